The first-order valence-corrected chi connectivity index (χ1v) is 7.52. The van der Waals surface area contributed by atoms with E-state index in [1.807, 2.05) is 0 Å². The van der Waals surface area contributed by atoms with Gasteiger partial charge in [0.05, 0.1) is 0 Å². The van der Waals surface area contributed by atoms with Crippen LogP contribution in [0, 0.1) is 11.3 Å². The molecule has 0 aliphatic carbocycles. The summed E-state index contributed by atoms with van der Waals surface area (Å²) >= 11 is 0. The first-order valence-electron chi connectivity index (χ1n) is 7.52. The molecule has 0 aliphatic heterocycles. The molecule has 0 atom stereocenters. The molecule has 0 aromatic rings. The lowest BCUT2D eigenvalue weighted by atomic mass is 9.65. The maximum Gasteiger partial charge on any atom is 0.460 e. The average Bonchev–Trinajstić information content (AvgIpc) is 2.46. The Labute approximate surface area is 146 Å². The van der Waals surface area contributed by atoms with Crippen LogP contribution in [0.4, 0.5) is 57.1 Å². The third-order valence-electron chi connectivity index (χ3n) is 4.93. The van der Waals surface area contributed by atoms with Crippen molar-refractivity contribution in [1.82, 2.24) is 0 Å². The van der Waals surface area contributed by atoms with Gasteiger partial charge < -0.3 is 0 Å². The Morgan fingerprint density at radius 1 is 0.481 bits per heavy atom. The van der Waals surface area contributed by atoms with E-state index in [0.29, 0.717) is 0 Å². The standard InChI is InChI=1S/C14H17F13/c1-5-8(6-2,7(3)4)9(15,16)10(17,18)11(19,20)12(21,22)13(23,24)14(25,26)27/h7H,5-6H2,1-4H3. The number of hydrogen-bond donors (Lipinski definition) is 0. The van der Waals surface area contributed by atoms with Crippen molar-refractivity contribution in [1.29, 1.82) is 0 Å². The van der Waals surface area contributed by atoms with Crippen LogP contribution in [-0.2, 0) is 0 Å². The molecule has 0 fully saturated rings. The maximum absolute atomic E-state index is 14.4. The molecule has 0 radical (unpaired) electrons. The monoisotopic (exact) mass is 432 g/mol. The van der Waals surface area contributed by atoms with E-state index >= 15 is 0 Å². The van der Waals surface area contributed by atoms with Crippen LogP contribution in [-0.4, -0.2) is 35.8 Å². The summed E-state index contributed by atoms with van der Waals surface area (Å²) in [5.41, 5.74) is -3.08. The fourth-order valence-corrected chi connectivity index (χ4v) is 2.96. The highest BCUT2D eigenvalue weighted by Gasteiger charge is 2.92. The van der Waals surface area contributed by atoms with Gasteiger partial charge in [0.2, 0.25) is 0 Å². The molecule has 0 heterocycles. The Bertz CT molecular complexity index is 512. The minimum Gasteiger partial charge on any atom is -0.199 e. The quantitative estimate of drug-likeness (QED) is 0.356. The predicted octanol–water partition coefficient (Wildman–Crippen LogP) is 7.19. The molecule has 0 N–H and O–H groups in total. The second-order valence-electron chi connectivity index (χ2n) is 6.39. The number of halogens is 13. The minimum atomic E-state index is -7.85. The molecule has 0 amide bonds. The van der Waals surface area contributed by atoms with E-state index in [-0.39, 0.29) is 0 Å². The van der Waals surface area contributed by atoms with Crippen LogP contribution < -0.4 is 0 Å². The number of alkyl halides is 13. The molecule has 0 unspecified atom stereocenters. The highest BCUT2D eigenvalue weighted by Crippen LogP contribution is 2.65. The highest BCUT2D eigenvalue weighted by atomic mass is 19.4. The average molecular weight is 432 g/mol. The Morgan fingerprint density at radius 2 is 0.741 bits per heavy atom. The van der Waals surface area contributed by atoms with Crippen molar-refractivity contribution in [2.24, 2.45) is 11.3 Å². The molecule has 0 aromatic carbocycles. The van der Waals surface area contributed by atoms with Crippen molar-refractivity contribution < 1.29 is 57.1 Å². The summed E-state index contributed by atoms with van der Waals surface area (Å²) in [4.78, 5) is 0. The smallest absolute Gasteiger partial charge is 0.199 e. The van der Waals surface area contributed by atoms with E-state index in [1.54, 1.807) is 0 Å². The highest BCUT2D eigenvalue weighted by molar-refractivity contribution is 5.14. The maximum atomic E-state index is 14.4. The van der Waals surface area contributed by atoms with Gasteiger partial charge in [-0.3, -0.25) is 0 Å². The molecular formula is C14H17F13. The van der Waals surface area contributed by atoms with Crippen LogP contribution in [0.1, 0.15) is 40.5 Å². The van der Waals surface area contributed by atoms with Gasteiger partial charge >= 0.3 is 35.8 Å². The topological polar surface area (TPSA) is 0 Å². The van der Waals surface area contributed by atoms with Crippen molar-refractivity contribution in [2.75, 3.05) is 0 Å². The summed E-state index contributed by atoms with van der Waals surface area (Å²) in [7, 11) is 0. The second kappa shape index (κ2) is 6.85. The van der Waals surface area contributed by atoms with Gasteiger partial charge in [0, 0.05) is 5.41 Å². The summed E-state index contributed by atoms with van der Waals surface area (Å²) in [6, 6.07) is 0. The van der Waals surface area contributed by atoms with Crippen LogP contribution in [0.3, 0.4) is 0 Å². The minimum absolute atomic E-state index is 0.841. The number of hydrogen-bond acceptors (Lipinski definition) is 0. The normalized spacial score (nSPS) is 16.2. The Morgan fingerprint density at radius 3 is 0.963 bits per heavy atom. The zero-order valence-electron chi connectivity index (χ0n) is 14.4. The Kier molecular flexibility index (Phi) is 6.62. The fourth-order valence-electron chi connectivity index (χ4n) is 2.96. The summed E-state index contributed by atoms with van der Waals surface area (Å²) in [6.45, 7) is 3.43. The van der Waals surface area contributed by atoms with E-state index < -0.39 is 60.0 Å². The third kappa shape index (κ3) is 3.16. The SMILES string of the molecule is CCC(CC)(C(C)C)C(F)(F)C(F)(F)C(F)(F)C(F)(F)C(F)(F)C(F)(F)F. The summed E-state index contributed by atoms with van der Waals surface area (Å²) < 4.78 is 172. The van der Waals surface area contributed by atoms with Gasteiger partial charge in [-0.1, -0.05) is 27.7 Å². The molecule has 0 spiro atoms. The van der Waals surface area contributed by atoms with Gasteiger partial charge in [0.15, 0.2) is 0 Å². The second-order valence-corrected chi connectivity index (χ2v) is 6.39. The lowest BCUT2D eigenvalue weighted by molar-refractivity contribution is -0.449. The lowest BCUT2D eigenvalue weighted by Gasteiger charge is -2.48. The molecule has 27 heavy (non-hydrogen) atoms. The molecule has 0 saturated carbocycles. The van der Waals surface area contributed by atoms with E-state index in [9.17, 15) is 57.1 Å². The Hall–Kier alpha value is -0.910. The fraction of sp³-hybridized carbons (Fsp3) is 1.00. The number of rotatable bonds is 8. The van der Waals surface area contributed by atoms with Gasteiger partial charge in [-0.15, -0.1) is 0 Å². The molecule has 13 heteroatoms. The van der Waals surface area contributed by atoms with E-state index in [0.717, 1.165) is 27.7 Å². The Balaban J connectivity index is 6.72. The van der Waals surface area contributed by atoms with Crippen molar-refractivity contribution in [3.8, 4) is 0 Å². The summed E-state index contributed by atoms with van der Waals surface area (Å²) in [6.07, 6.45) is -9.34. The molecule has 0 aliphatic rings. The lowest BCUT2D eigenvalue weighted by Crippen LogP contribution is -2.72. The molecular weight excluding hydrogens is 415 g/mol. The van der Waals surface area contributed by atoms with Crippen LogP contribution in [0.5, 0.6) is 0 Å². The van der Waals surface area contributed by atoms with Crippen molar-refractivity contribution in [3.63, 3.8) is 0 Å². The third-order valence-corrected chi connectivity index (χ3v) is 4.93. The molecule has 0 nitrogen and oxygen atoms in total. The molecule has 0 bridgehead atoms. The van der Waals surface area contributed by atoms with Crippen molar-refractivity contribution in [2.45, 2.75) is 76.3 Å². The van der Waals surface area contributed by atoms with Gasteiger partial charge in [-0.05, 0) is 18.8 Å². The van der Waals surface area contributed by atoms with Gasteiger partial charge in [0.1, 0.15) is 0 Å². The van der Waals surface area contributed by atoms with E-state index in [2.05, 4.69) is 0 Å². The zero-order valence-corrected chi connectivity index (χ0v) is 14.4. The van der Waals surface area contributed by atoms with Crippen molar-refractivity contribution in [3.05, 3.63) is 0 Å². The van der Waals surface area contributed by atoms with Crippen LogP contribution in [0.2, 0.25) is 0 Å². The van der Waals surface area contributed by atoms with Gasteiger partial charge in [0.25, 0.3) is 0 Å². The summed E-state index contributed by atoms with van der Waals surface area (Å²) in [5, 5.41) is 0. The van der Waals surface area contributed by atoms with Crippen LogP contribution >= 0.6 is 0 Å². The van der Waals surface area contributed by atoms with Crippen LogP contribution in [0.25, 0.3) is 0 Å². The molecule has 0 rings (SSSR count). The van der Waals surface area contributed by atoms with E-state index in [1.165, 1.54) is 0 Å². The first-order chi connectivity index (χ1) is 11.6. The van der Waals surface area contributed by atoms with Gasteiger partial charge in [-0.2, -0.15) is 57.1 Å². The molecule has 0 aromatic heterocycles. The predicted molar refractivity (Wildman–Crippen MR) is 68.6 cm³/mol. The first kappa shape index (κ1) is 26.1. The van der Waals surface area contributed by atoms with E-state index in [4.69, 9.17) is 0 Å². The zero-order chi connectivity index (χ0) is 22.5. The molecule has 0 saturated heterocycles. The van der Waals surface area contributed by atoms with Crippen molar-refractivity contribution >= 4 is 0 Å². The molecule has 164 valence electrons. The largest absolute Gasteiger partial charge is 0.460 e. The summed E-state index contributed by atoms with van der Waals surface area (Å²) in [5.74, 6) is -38.1. The van der Waals surface area contributed by atoms with Crippen LogP contribution in [0.15, 0.2) is 0 Å². The van der Waals surface area contributed by atoms with Gasteiger partial charge in [-0.25, -0.2) is 0 Å².